The molecule has 1 unspecified atom stereocenters. The van der Waals surface area contributed by atoms with Gasteiger partial charge in [0.25, 0.3) is 0 Å². The molecule has 2 aromatic rings. The first-order valence-electron chi connectivity index (χ1n) is 10.6. The Labute approximate surface area is 197 Å². The molecule has 1 aromatic carbocycles. The first kappa shape index (κ1) is 25.3. The fourth-order valence-electron chi connectivity index (χ4n) is 3.66. The molecule has 0 aliphatic carbocycles. The number of nitrogens with zero attached hydrogens (tertiary/aromatic N) is 4. The number of rotatable bonds is 11. The van der Waals surface area contributed by atoms with Crippen LogP contribution in [0.4, 0.5) is 4.39 Å². The first-order valence-corrected chi connectivity index (χ1v) is 12.5. The molecule has 1 aromatic heterocycles. The SMILES string of the molecule is O=CN(O)C(CCCc1ncccn1)CS(=O)(=O)N1CCC(Oc2ccc(F)cc2Cl)CC1. The van der Waals surface area contributed by atoms with Crippen molar-refractivity contribution in [2.24, 2.45) is 0 Å². The summed E-state index contributed by atoms with van der Waals surface area (Å²) in [4.78, 5) is 19.3. The van der Waals surface area contributed by atoms with Crippen LogP contribution in [0.2, 0.25) is 5.02 Å². The van der Waals surface area contributed by atoms with E-state index in [4.69, 9.17) is 16.3 Å². The van der Waals surface area contributed by atoms with Crippen molar-refractivity contribution < 1.29 is 27.5 Å². The summed E-state index contributed by atoms with van der Waals surface area (Å²) in [6, 6.07) is 4.67. The molecule has 180 valence electrons. The smallest absolute Gasteiger partial charge is 0.233 e. The van der Waals surface area contributed by atoms with Gasteiger partial charge >= 0.3 is 0 Å². The van der Waals surface area contributed by atoms with Crippen LogP contribution in [0, 0.1) is 5.82 Å². The van der Waals surface area contributed by atoms with Gasteiger partial charge in [0, 0.05) is 31.9 Å². The maximum Gasteiger partial charge on any atom is 0.233 e. The molecule has 12 heteroatoms. The molecule has 1 N–H and O–H groups in total. The lowest BCUT2D eigenvalue weighted by atomic mass is 10.1. The number of hydrogen-bond donors (Lipinski definition) is 1. The number of aryl methyl sites for hydroxylation is 1. The molecule has 9 nitrogen and oxygen atoms in total. The Bertz CT molecular complexity index is 1020. The number of amides is 1. The zero-order chi connectivity index (χ0) is 23.8. The molecular weight excluding hydrogens is 475 g/mol. The van der Waals surface area contributed by atoms with Crippen molar-refractivity contribution in [2.45, 2.75) is 44.2 Å². The van der Waals surface area contributed by atoms with Gasteiger partial charge in [0.15, 0.2) is 0 Å². The van der Waals surface area contributed by atoms with Gasteiger partial charge in [0.2, 0.25) is 16.4 Å². The second kappa shape index (κ2) is 11.7. The normalized spacial score (nSPS) is 16.3. The standard InChI is InChI=1S/C21H26ClFN4O5S/c22-19-13-16(23)5-6-20(19)32-18-7-11-26(12-8-18)33(30,31)14-17(27(29)15-28)3-1-4-21-24-9-2-10-25-21/h2,5-6,9-10,13,15,17-18,29H,1,3-4,7-8,11-12,14H2. The van der Waals surface area contributed by atoms with Crippen LogP contribution in [0.25, 0.3) is 0 Å². The Morgan fingerprint density at radius 1 is 1.30 bits per heavy atom. The average Bonchev–Trinajstić information content (AvgIpc) is 2.80. The molecule has 1 aliphatic rings. The number of carbonyl (C=O) groups excluding carboxylic acids is 1. The van der Waals surface area contributed by atoms with Crippen LogP contribution in [0.5, 0.6) is 5.75 Å². The van der Waals surface area contributed by atoms with Crippen molar-refractivity contribution in [3.8, 4) is 5.75 Å². The lowest BCUT2D eigenvalue weighted by Gasteiger charge is -2.33. The minimum atomic E-state index is -3.73. The largest absolute Gasteiger partial charge is 0.489 e. The van der Waals surface area contributed by atoms with Crippen LogP contribution >= 0.6 is 11.6 Å². The topological polar surface area (TPSA) is 113 Å². The molecule has 1 aliphatic heterocycles. The minimum absolute atomic E-state index is 0.158. The minimum Gasteiger partial charge on any atom is -0.489 e. The lowest BCUT2D eigenvalue weighted by Crippen LogP contribution is -2.47. The van der Waals surface area contributed by atoms with E-state index in [1.54, 1.807) is 18.5 Å². The fraction of sp³-hybridized carbons (Fsp3) is 0.476. The number of halogens is 2. The number of carbonyl (C=O) groups is 1. The molecule has 1 amide bonds. The van der Waals surface area contributed by atoms with Crippen molar-refractivity contribution in [2.75, 3.05) is 18.8 Å². The van der Waals surface area contributed by atoms with Gasteiger partial charge in [0.05, 0.1) is 16.8 Å². The molecule has 1 saturated heterocycles. The van der Waals surface area contributed by atoms with Crippen LogP contribution in [-0.2, 0) is 21.2 Å². The van der Waals surface area contributed by atoms with E-state index in [0.717, 1.165) is 6.07 Å². The number of ether oxygens (including phenoxy) is 1. The van der Waals surface area contributed by atoms with Crippen LogP contribution < -0.4 is 4.74 Å². The molecule has 0 bridgehead atoms. The van der Waals surface area contributed by atoms with E-state index in [2.05, 4.69) is 9.97 Å². The Balaban J connectivity index is 1.53. The second-order valence-corrected chi connectivity index (χ2v) is 10.2. The first-order chi connectivity index (χ1) is 15.8. The maximum absolute atomic E-state index is 13.2. The Morgan fingerprint density at radius 2 is 2.00 bits per heavy atom. The van der Waals surface area contributed by atoms with E-state index < -0.39 is 27.6 Å². The Hall–Kier alpha value is -2.34. The molecule has 0 spiro atoms. The third kappa shape index (κ3) is 7.32. The quantitative estimate of drug-likeness (QED) is 0.286. The van der Waals surface area contributed by atoms with Gasteiger partial charge in [-0.2, -0.15) is 0 Å². The van der Waals surface area contributed by atoms with Crippen LogP contribution in [-0.4, -0.2) is 70.4 Å². The molecule has 3 rings (SSSR count). The zero-order valence-corrected chi connectivity index (χ0v) is 19.5. The number of hydrogen-bond acceptors (Lipinski definition) is 7. The molecule has 0 radical (unpaired) electrons. The van der Waals surface area contributed by atoms with E-state index in [-0.39, 0.29) is 37.0 Å². The van der Waals surface area contributed by atoms with Gasteiger partial charge in [-0.05, 0) is 49.9 Å². The number of aromatic nitrogens is 2. The highest BCUT2D eigenvalue weighted by atomic mass is 35.5. The van der Waals surface area contributed by atoms with Crippen LogP contribution in [0.1, 0.15) is 31.5 Å². The van der Waals surface area contributed by atoms with Gasteiger partial charge in [0.1, 0.15) is 23.5 Å². The van der Waals surface area contributed by atoms with Gasteiger partial charge in [-0.25, -0.2) is 32.1 Å². The Kier molecular flexibility index (Phi) is 8.95. The van der Waals surface area contributed by atoms with Crippen molar-refractivity contribution >= 4 is 28.0 Å². The summed E-state index contributed by atoms with van der Waals surface area (Å²) < 4.78 is 46.2. The van der Waals surface area contributed by atoms with Gasteiger partial charge in [-0.15, -0.1) is 0 Å². The zero-order valence-electron chi connectivity index (χ0n) is 17.9. The van der Waals surface area contributed by atoms with E-state index in [1.165, 1.54) is 16.4 Å². The summed E-state index contributed by atoms with van der Waals surface area (Å²) in [5, 5.41) is 10.5. The van der Waals surface area contributed by atoms with Gasteiger partial charge < -0.3 is 4.74 Å². The highest BCUT2D eigenvalue weighted by Gasteiger charge is 2.32. The van der Waals surface area contributed by atoms with E-state index in [1.807, 2.05) is 0 Å². The molecular formula is C21H26ClFN4O5S. The summed E-state index contributed by atoms with van der Waals surface area (Å²) in [5.74, 6) is 0.0989. The average molecular weight is 501 g/mol. The van der Waals surface area contributed by atoms with Gasteiger partial charge in [-0.3, -0.25) is 10.0 Å². The van der Waals surface area contributed by atoms with E-state index in [9.17, 15) is 22.8 Å². The summed E-state index contributed by atoms with van der Waals surface area (Å²) in [6.45, 7) is 0.450. The number of piperidine rings is 1. The molecule has 1 atom stereocenters. The third-order valence-corrected chi connectivity index (χ3v) is 7.68. The Morgan fingerprint density at radius 3 is 2.64 bits per heavy atom. The van der Waals surface area contributed by atoms with Crippen molar-refractivity contribution in [1.82, 2.24) is 19.3 Å². The summed E-state index contributed by atoms with van der Waals surface area (Å²) in [7, 11) is -3.73. The predicted molar refractivity (Wildman–Crippen MR) is 119 cm³/mol. The monoisotopic (exact) mass is 500 g/mol. The summed E-state index contributed by atoms with van der Waals surface area (Å²) >= 11 is 6.00. The highest BCUT2D eigenvalue weighted by Crippen LogP contribution is 2.28. The molecule has 33 heavy (non-hydrogen) atoms. The van der Waals surface area contributed by atoms with Crippen molar-refractivity contribution in [3.05, 3.63) is 53.3 Å². The van der Waals surface area contributed by atoms with Crippen LogP contribution in [0.15, 0.2) is 36.7 Å². The lowest BCUT2D eigenvalue weighted by molar-refractivity contribution is -0.158. The van der Waals surface area contributed by atoms with E-state index in [0.29, 0.717) is 42.3 Å². The number of sulfonamides is 1. The number of benzene rings is 1. The second-order valence-electron chi connectivity index (χ2n) is 7.77. The summed E-state index contributed by atoms with van der Waals surface area (Å²) in [6.07, 6.45) is 5.32. The maximum atomic E-state index is 13.2. The molecule has 1 fully saturated rings. The molecule has 0 saturated carbocycles. The third-order valence-electron chi connectivity index (χ3n) is 5.42. The highest BCUT2D eigenvalue weighted by molar-refractivity contribution is 7.89. The van der Waals surface area contributed by atoms with Gasteiger partial charge in [-0.1, -0.05) is 11.6 Å². The van der Waals surface area contributed by atoms with Crippen LogP contribution in [0.3, 0.4) is 0 Å². The van der Waals surface area contributed by atoms with E-state index >= 15 is 0 Å². The fourth-order valence-corrected chi connectivity index (χ4v) is 5.66. The van der Waals surface area contributed by atoms with Crippen molar-refractivity contribution in [1.29, 1.82) is 0 Å². The number of hydroxylamine groups is 2. The summed E-state index contributed by atoms with van der Waals surface area (Å²) in [5.41, 5.74) is 0. The molecule has 2 heterocycles. The van der Waals surface area contributed by atoms with Crippen molar-refractivity contribution in [3.63, 3.8) is 0 Å². The predicted octanol–water partition coefficient (Wildman–Crippen LogP) is 2.68.